The molecule has 0 bridgehead atoms. The van der Waals surface area contributed by atoms with Gasteiger partial charge in [0.15, 0.2) is 0 Å². The first kappa shape index (κ1) is 7.42. The van der Waals surface area contributed by atoms with Crippen molar-refractivity contribution in [2.75, 3.05) is 13.7 Å². The van der Waals surface area contributed by atoms with Crippen LogP contribution in [0, 0.1) is 5.21 Å². The van der Waals surface area contributed by atoms with Crippen LogP contribution in [-0.4, -0.2) is 18.9 Å². The number of hydroxylamine groups is 2. The summed E-state index contributed by atoms with van der Waals surface area (Å²) in [5.41, 5.74) is 5.02. The molecule has 0 atom stereocenters. The zero-order valence-electron chi connectivity index (χ0n) is 4.70. The maximum absolute atomic E-state index is 10.1. The lowest BCUT2D eigenvalue weighted by Gasteiger charge is -2.21. The summed E-state index contributed by atoms with van der Waals surface area (Å²) in [4.78, 5) is 4.19. The highest BCUT2D eigenvalue weighted by Crippen LogP contribution is 1.82. The Hall–Kier alpha value is -0.580. The molecule has 0 aromatic carbocycles. The van der Waals surface area contributed by atoms with Gasteiger partial charge in [-0.25, -0.2) is 0 Å². The van der Waals surface area contributed by atoms with Crippen LogP contribution in [0.5, 0.6) is 0 Å². The third kappa shape index (κ3) is 3.60. The maximum atomic E-state index is 10.1. The molecule has 48 valence electrons. The van der Waals surface area contributed by atoms with Gasteiger partial charge in [0.1, 0.15) is 0 Å². The minimum absolute atomic E-state index is 0.326. The second-order valence-corrected chi connectivity index (χ2v) is 1.09. The van der Waals surface area contributed by atoms with Crippen LogP contribution < -0.4 is 5.73 Å². The molecule has 0 aromatic rings. The van der Waals surface area contributed by atoms with Gasteiger partial charge in [-0.15, -0.1) is 0 Å². The molecular weight excluding hydrogens is 108 g/mol. The highest BCUT2D eigenvalue weighted by atomic mass is 16.9. The molecule has 0 aromatic heterocycles. The predicted octanol–water partition coefficient (Wildman–Crippen LogP) is -0.180. The molecule has 0 aliphatic carbocycles. The summed E-state index contributed by atoms with van der Waals surface area (Å²) in [6.45, 7) is 0.349. The van der Waals surface area contributed by atoms with Gasteiger partial charge < -0.3 is 16.2 Å². The minimum Gasteiger partial charge on any atom is -0.734 e. The lowest BCUT2D eigenvalue weighted by Crippen LogP contribution is -2.06. The zero-order chi connectivity index (χ0) is 6.41. The average molecular weight is 117 g/mol. The van der Waals surface area contributed by atoms with Gasteiger partial charge in [-0.05, 0) is 0 Å². The number of nitrogens with zero attached hydrogens (tertiary/aromatic N) is 1. The maximum Gasteiger partial charge on any atom is 0.0628 e. The summed E-state index contributed by atoms with van der Waals surface area (Å²) in [7, 11) is 1.29. The van der Waals surface area contributed by atoms with Crippen LogP contribution in [-0.2, 0) is 4.84 Å². The molecule has 0 saturated heterocycles. The number of hydrogen-bond donors (Lipinski definition) is 1. The molecule has 0 spiro atoms. The molecule has 0 unspecified atom stereocenters. The van der Waals surface area contributed by atoms with Crippen LogP contribution >= 0.6 is 0 Å². The Bertz CT molecular complexity index is 74.4. The Morgan fingerprint density at radius 3 is 2.88 bits per heavy atom. The van der Waals surface area contributed by atoms with Crippen molar-refractivity contribution in [3.63, 3.8) is 0 Å². The Labute approximate surface area is 48.1 Å². The van der Waals surface area contributed by atoms with E-state index in [-0.39, 0.29) is 0 Å². The standard InChI is InChI=1S/C4H9N2O2/c1-8-6(7)4-2-3-5/h2,4H,3,5H2,1H3/q-1/b4-2+. The molecule has 4 heteroatoms. The molecule has 0 saturated carbocycles. The monoisotopic (exact) mass is 117 g/mol. The Kier molecular flexibility index (Phi) is 4.24. The second kappa shape index (κ2) is 4.58. The fraction of sp³-hybridized carbons (Fsp3) is 0.500. The molecule has 0 aliphatic heterocycles. The lowest BCUT2D eigenvalue weighted by atomic mass is 10.6. The van der Waals surface area contributed by atoms with E-state index in [0.717, 1.165) is 0 Å². The average Bonchev–Trinajstić information content (AvgIpc) is 1.83. The van der Waals surface area contributed by atoms with Crippen molar-refractivity contribution in [2.45, 2.75) is 0 Å². The summed E-state index contributed by atoms with van der Waals surface area (Å²) in [5.74, 6) is 0. The molecule has 8 heavy (non-hydrogen) atoms. The van der Waals surface area contributed by atoms with Crippen molar-refractivity contribution in [1.82, 2.24) is 5.23 Å². The van der Waals surface area contributed by atoms with E-state index in [1.807, 2.05) is 0 Å². The lowest BCUT2D eigenvalue weighted by molar-refractivity contribution is -0.0436. The fourth-order valence-corrected chi connectivity index (χ4v) is 0.208. The Morgan fingerprint density at radius 2 is 2.50 bits per heavy atom. The number of hydrogen-bond acceptors (Lipinski definition) is 4. The van der Waals surface area contributed by atoms with Gasteiger partial charge in [-0.1, -0.05) is 6.08 Å². The van der Waals surface area contributed by atoms with Gasteiger partial charge in [0.2, 0.25) is 0 Å². The van der Waals surface area contributed by atoms with E-state index in [9.17, 15) is 5.21 Å². The van der Waals surface area contributed by atoms with Gasteiger partial charge in [-0.2, -0.15) is 0 Å². The fourth-order valence-electron chi connectivity index (χ4n) is 0.208. The SMILES string of the molecule is CON([O-])/C=C/CN. The summed E-state index contributed by atoms with van der Waals surface area (Å²) in [5, 5.41) is 10.4. The third-order valence-corrected chi connectivity index (χ3v) is 0.543. The van der Waals surface area contributed by atoms with Crippen molar-refractivity contribution >= 4 is 0 Å². The first-order valence-electron chi connectivity index (χ1n) is 2.18. The van der Waals surface area contributed by atoms with E-state index < -0.39 is 0 Å². The van der Waals surface area contributed by atoms with Gasteiger partial charge >= 0.3 is 0 Å². The first-order valence-corrected chi connectivity index (χ1v) is 2.18. The van der Waals surface area contributed by atoms with Gasteiger partial charge in [0, 0.05) is 12.7 Å². The zero-order valence-corrected chi connectivity index (χ0v) is 4.70. The normalized spacial score (nSPS) is 10.4. The third-order valence-electron chi connectivity index (χ3n) is 0.543. The van der Waals surface area contributed by atoms with Crippen molar-refractivity contribution < 1.29 is 4.84 Å². The Morgan fingerprint density at radius 1 is 1.88 bits per heavy atom. The van der Waals surface area contributed by atoms with E-state index in [4.69, 9.17) is 5.73 Å². The van der Waals surface area contributed by atoms with E-state index in [2.05, 4.69) is 4.84 Å². The van der Waals surface area contributed by atoms with Crippen LogP contribution in [0.3, 0.4) is 0 Å². The van der Waals surface area contributed by atoms with Crippen LogP contribution in [0.1, 0.15) is 0 Å². The first-order chi connectivity index (χ1) is 3.81. The summed E-state index contributed by atoms with van der Waals surface area (Å²) >= 11 is 0. The van der Waals surface area contributed by atoms with Crippen LogP contribution in [0.2, 0.25) is 0 Å². The summed E-state index contributed by atoms with van der Waals surface area (Å²) in [6.07, 6.45) is 2.70. The molecule has 0 amide bonds. The molecule has 0 radical (unpaired) electrons. The van der Waals surface area contributed by atoms with Crippen molar-refractivity contribution in [2.24, 2.45) is 5.73 Å². The topological polar surface area (TPSA) is 61.5 Å². The largest absolute Gasteiger partial charge is 0.734 e. The second-order valence-electron chi connectivity index (χ2n) is 1.09. The van der Waals surface area contributed by atoms with Gasteiger partial charge in [0.05, 0.1) is 7.11 Å². The van der Waals surface area contributed by atoms with E-state index in [1.54, 1.807) is 0 Å². The smallest absolute Gasteiger partial charge is 0.0628 e. The van der Waals surface area contributed by atoms with Gasteiger partial charge in [0.25, 0.3) is 0 Å². The highest BCUT2D eigenvalue weighted by molar-refractivity contribution is 4.79. The van der Waals surface area contributed by atoms with Crippen LogP contribution in [0.25, 0.3) is 0 Å². The van der Waals surface area contributed by atoms with E-state index in [0.29, 0.717) is 11.8 Å². The molecule has 4 nitrogen and oxygen atoms in total. The molecular formula is C4H9N2O2-. The minimum atomic E-state index is 0.326. The Balaban J connectivity index is 3.21. The van der Waals surface area contributed by atoms with E-state index in [1.165, 1.54) is 19.4 Å². The molecule has 2 N–H and O–H groups in total. The van der Waals surface area contributed by atoms with Crippen molar-refractivity contribution in [3.05, 3.63) is 17.5 Å². The number of nitrogens with two attached hydrogens (primary N) is 1. The van der Waals surface area contributed by atoms with Crippen molar-refractivity contribution in [3.8, 4) is 0 Å². The number of rotatable bonds is 3. The quantitative estimate of drug-likeness (QED) is 0.521. The molecule has 0 rings (SSSR count). The summed E-state index contributed by atoms with van der Waals surface area (Å²) in [6, 6.07) is 0. The predicted molar refractivity (Wildman–Crippen MR) is 30.4 cm³/mol. The van der Waals surface area contributed by atoms with Crippen molar-refractivity contribution in [1.29, 1.82) is 0 Å². The van der Waals surface area contributed by atoms with Crippen LogP contribution in [0.4, 0.5) is 0 Å². The molecule has 0 fully saturated rings. The summed E-state index contributed by atoms with van der Waals surface area (Å²) < 4.78 is 0. The highest BCUT2D eigenvalue weighted by Gasteiger charge is 1.70. The van der Waals surface area contributed by atoms with Gasteiger partial charge in [-0.3, -0.25) is 4.84 Å². The molecule has 0 aliphatic rings. The van der Waals surface area contributed by atoms with Crippen LogP contribution in [0.15, 0.2) is 12.3 Å². The molecule has 0 heterocycles. The van der Waals surface area contributed by atoms with E-state index >= 15 is 0 Å².